The summed E-state index contributed by atoms with van der Waals surface area (Å²) >= 11 is 0. The molecular weight excluding hydrogens is 226 g/mol. The highest BCUT2D eigenvalue weighted by atomic mass is 19.1. The van der Waals surface area contributed by atoms with E-state index in [1.165, 1.54) is 6.07 Å². The summed E-state index contributed by atoms with van der Waals surface area (Å²) in [6, 6.07) is 3.38. The summed E-state index contributed by atoms with van der Waals surface area (Å²) in [5.41, 5.74) is -0.210. The average molecular weight is 240 g/mol. The van der Waals surface area contributed by atoms with Crippen LogP contribution in [0.3, 0.4) is 0 Å². The lowest BCUT2D eigenvalue weighted by molar-refractivity contribution is 0.0499. The third-order valence-electron chi connectivity index (χ3n) is 2.25. The van der Waals surface area contributed by atoms with Gasteiger partial charge in [0.25, 0.3) is 0 Å². The Labute approximate surface area is 99.2 Å². The Morgan fingerprint density at radius 2 is 2.18 bits per heavy atom. The van der Waals surface area contributed by atoms with E-state index in [9.17, 15) is 9.18 Å². The highest BCUT2D eigenvalue weighted by molar-refractivity contribution is 6.58. The Morgan fingerprint density at radius 1 is 1.47 bits per heavy atom. The fraction of sp³-hybridized carbons (Fsp3) is 0.364. The predicted molar refractivity (Wildman–Crippen MR) is 61.4 cm³/mol. The molecule has 0 spiro atoms. The van der Waals surface area contributed by atoms with Gasteiger partial charge >= 0.3 is 13.1 Å². The Kier molecular flexibility index (Phi) is 5.12. The zero-order valence-electron chi connectivity index (χ0n) is 9.52. The van der Waals surface area contributed by atoms with Crippen LogP contribution in [0.15, 0.2) is 18.2 Å². The van der Waals surface area contributed by atoms with Crippen LogP contribution >= 0.6 is 0 Å². The number of carbonyl (C=O) groups is 1. The number of rotatable bonds is 5. The SMILES string of the molecule is CCCCOC(=O)c1ccc(B(O)O)c(F)c1. The summed E-state index contributed by atoms with van der Waals surface area (Å²) in [7, 11) is -1.89. The molecule has 0 fully saturated rings. The van der Waals surface area contributed by atoms with Crippen LogP contribution in [0.4, 0.5) is 4.39 Å². The van der Waals surface area contributed by atoms with Gasteiger partial charge in [-0.15, -0.1) is 0 Å². The highest BCUT2D eigenvalue weighted by Gasteiger charge is 2.18. The number of unbranched alkanes of at least 4 members (excludes halogenated alkanes) is 1. The molecule has 1 rings (SSSR count). The van der Waals surface area contributed by atoms with Crippen LogP contribution in [0.5, 0.6) is 0 Å². The van der Waals surface area contributed by atoms with Crippen LogP contribution in [-0.4, -0.2) is 29.7 Å². The highest BCUT2D eigenvalue weighted by Crippen LogP contribution is 2.05. The minimum absolute atomic E-state index is 0.0583. The third-order valence-corrected chi connectivity index (χ3v) is 2.25. The molecule has 0 radical (unpaired) electrons. The Bertz CT molecular complexity index is 395. The maximum atomic E-state index is 13.3. The molecule has 0 aliphatic rings. The molecule has 1 aromatic carbocycles. The molecule has 4 nitrogen and oxygen atoms in total. The predicted octanol–water partition coefficient (Wildman–Crippen LogP) is 0.462. The van der Waals surface area contributed by atoms with Gasteiger partial charge in [-0.1, -0.05) is 19.4 Å². The first kappa shape index (κ1) is 13.7. The van der Waals surface area contributed by atoms with Gasteiger partial charge in [-0.25, -0.2) is 9.18 Å². The smallest absolute Gasteiger partial charge is 0.462 e. The molecule has 92 valence electrons. The zero-order valence-corrected chi connectivity index (χ0v) is 9.52. The van der Waals surface area contributed by atoms with E-state index < -0.39 is 18.9 Å². The van der Waals surface area contributed by atoms with E-state index in [2.05, 4.69) is 0 Å². The van der Waals surface area contributed by atoms with E-state index in [0.29, 0.717) is 6.61 Å². The van der Waals surface area contributed by atoms with Crippen molar-refractivity contribution in [1.82, 2.24) is 0 Å². The lowest BCUT2D eigenvalue weighted by Gasteiger charge is -2.06. The molecule has 0 unspecified atom stereocenters. The largest absolute Gasteiger partial charge is 0.491 e. The molecule has 0 aromatic heterocycles. The molecule has 0 amide bonds. The van der Waals surface area contributed by atoms with Crippen molar-refractivity contribution in [3.05, 3.63) is 29.6 Å². The molecule has 0 aliphatic heterocycles. The van der Waals surface area contributed by atoms with Crippen molar-refractivity contribution in [2.45, 2.75) is 19.8 Å². The van der Waals surface area contributed by atoms with Crippen molar-refractivity contribution in [2.24, 2.45) is 0 Å². The van der Waals surface area contributed by atoms with Crippen LogP contribution in [0.25, 0.3) is 0 Å². The Hall–Kier alpha value is -1.40. The summed E-state index contributed by atoms with van der Waals surface area (Å²) in [5.74, 6) is -1.46. The second-order valence-corrected chi connectivity index (χ2v) is 3.60. The zero-order chi connectivity index (χ0) is 12.8. The topological polar surface area (TPSA) is 66.8 Å². The van der Waals surface area contributed by atoms with Crippen LogP contribution in [0.2, 0.25) is 0 Å². The summed E-state index contributed by atoms with van der Waals surface area (Å²) in [5, 5.41) is 17.6. The number of ether oxygens (including phenoxy) is 1. The normalized spacial score (nSPS) is 10.1. The van der Waals surface area contributed by atoms with E-state index in [1.807, 2.05) is 6.92 Å². The van der Waals surface area contributed by atoms with E-state index in [4.69, 9.17) is 14.8 Å². The lowest BCUT2D eigenvalue weighted by Crippen LogP contribution is -2.33. The molecule has 0 bridgehead atoms. The first-order valence-corrected chi connectivity index (χ1v) is 5.39. The van der Waals surface area contributed by atoms with Crippen LogP contribution in [0.1, 0.15) is 30.1 Å². The third kappa shape index (κ3) is 3.83. The maximum Gasteiger partial charge on any atom is 0.491 e. The number of carbonyl (C=O) groups excluding carboxylic acids is 1. The van der Waals surface area contributed by atoms with Gasteiger partial charge in [0.2, 0.25) is 0 Å². The second-order valence-electron chi connectivity index (χ2n) is 3.60. The first-order valence-electron chi connectivity index (χ1n) is 5.39. The van der Waals surface area contributed by atoms with E-state index in [0.717, 1.165) is 25.0 Å². The first-order chi connectivity index (χ1) is 8.06. The molecule has 2 N–H and O–H groups in total. The summed E-state index contributed by atoms with van der Waals surface area (Å²) < 4.78 is 18.2. The maximum absolute atomic E-state index is 13.3. The van der Waals surface area contributed by atoms with Gasteiger partial charge in [0, 0.05) is 5.46 Å². The molecular formula is C11H14BFO4. The van der Waals surface area contributed by atoms with Crippen LogP contribution in [-0.2, 0) is 4.74 Å². The average Bonchev–Trinajstić information content (AvgIpc) is 2.28. The van der Waals surface area contributed by atoms with Gasteiger partial charge in [0.1, 0.15) is 5.82 Å². The fourth-order valence-corrected chi connectivity index (χ4v) is 1.26. The standard InChI is InChI=1S/C11H14BFO4/c1-2-3-6-17-11(14)8-4-5-9(12(15)16)10(13)7-8/h4-5,7,15-16H,2-3,6H2,1H3. The van der Waals surface area contributed by atoms with E-state index >= 15 is 0 Å². The van der Waals surface area contributed by atoms with Crippen molar-refractivity contribution in [1.29, 1.82) is 0 Å². The molecule has 0 saturated heterocycles. The van der Waals surface area contributed by atoms with Gasteiger partial charge in [0.05, 0.1) is 12.2 Å². The van der Waals surface area contributed by atoms with Crippen molar-refractivity contribution in [3.63, 3.8) is 0 Å². The van der Waals surface area contributed by atoms with Crippen molar-refractivity contribution < 1.29 is 24.0 Å². The monoisotopic (exact) mass is 240 g/mol. The van der Waals surface area contributed by atoms with Gasteiger partial charge in [-0.05, 0) is 18.6 Å². The van der Waals surface area contributed by atoms with Gasteiger partial charge in [0.15, 0.2) is 0 Å². The Morgan fingerprint density at radius 3 is 2.71 bits per heavy atom. The van der Waals surface area contributed by atoms with Gasteiger partial charge in [-0.2, -0.15) is 0 Å². The molecule has 6 heteroatoms. The lowest BCUT2D eigenvalue weighted by atomic mass is 9.79. The fourth-order valence-electron chi connectivity index (χ4n) is 1.26. The molecule has 17 heavy (non-hydrogen) atoms. The number of hydrogen-bond acceptors (Lipinski definition) is 4. The molecule has 0 heterocycles. The van der Waals surface area contributed by atoms with Crippen LogP contribution in [0, 0.1) is 5.82 Å². The molecule has 0 atom stereocenters. The number of esters is 1. The van der Waals surface area contributed by atoms with E-state index in [-0.39, 0.29) is 11.0 Å². The van der Waals surface area contributed by atoms with E-state index in [1.54, 1.807) is 0 Å². The molecule has 0 saturated carbocycles. The number of halogens is 1. The molecule has 1 aromatic rings. The summed E-state index contributed by atoms with van der Waals surface area (Å²) in [6.45, 7) is 2.26. The van der Waals surface area contributed by atoms with Crippen molar-refractivity contribution in [3.8, 4) is 0 Å². The van der Waals surface area contributed by atoms with Crippen molar-refractivity contribution in [2.75, 3.05) is 6.61 Å². The minimum Gasteiger partial charge on any atom is -0.462 e. The van der Waals surface area contributed by atoms with Gasteiger partial charge in [-0.3, -0.25) is 0 Å². The molecule has 0 aliphatic carbocycles. The summed E-state index contributed by atoms with van der Waals surface area (Å²) in [4.78, 5) is 11.4. The minimum atomic E-state index is -1.89. The second kappa shape index (κ2) is 6.37. The summed E-state index contributed by atoms with van der Waals surface area (Å²) in [6.07, 6.45) is 1.65. The quantitative estimate of drug-likeness (QED) is 0.445. The number of benzene rings is 1. The number of hydrogen-bond donors (Lipinski definition) is 2. The van der Waals surface area contributed by atoms with Gasteiger partial charge < -0.3 is 14.8 Å². The van der Waals surface area contributed by atoms with Crippen molar-refractivity contribution >= 4 is 18.6 Å². The van der Waals surface area contributed by atoms with Crippen LogP contribution < -0.4 is 5.46 Å². The Balaban J connectivity index is 2.72.